The van der Waals surface area contributed by atoms with Gasteiger partial charge in [0.1, 0.15) is 17.9 Å². The Balaban J connectivity index is 1.41. The van der Waals surface area contributed by atoms with Gasteiger partial charge in [-0.1, -0.05) is 36.4 Å². The van der Waals surface area contributed by atoms with Gasteiger partial charge < -0.3 is 14.8 Å². The molecule has 2 aromatic heterocycles. The van der Waals surface area contributed by atoms with Crippen LogP contribution in [0.4, 0.5) is 0 Å². The van der Waals surface area contributed by atoms with E-state index < -0.39 is 10.0 Å². The zero-order valence-electron chi connectivity index (χ0n) is 23.0. The van der Waals surface area contributed by atoms with E-state index in [1.165, 1.54) is 3.97 Å². The summed E-state index contributed by atoms with van der Waals surface area (Å²) in [5, 5.41) is 13.4. The number of aromatic nitrogens is 2. The molecule has 3 aromatic carbocycles. The van der Waals surface area contributed by atoms with Crippen molar-refractivity contribution in [3.63, 3.8) is 0 Å². The number of hydrogen-bond donors (Lipinski definition) is 1. The van der Waals surface area contributed by atoms with Crippen molar-refractivity contribution in [3.8, 4) is 34.2 Å². The fourth-order valence-electron chi connectivity index (χ4n) is 5.70. The van der Waals surface area contributed by atoms with E-state index in [-0.39, 0.29) is 22.6 Å². The first kappa shape index (κ1) is 26.9. The highest BCUT2D eigenvalue weighted by Gasteiger charge is 2.28. The van der Waals surface area contributed by atoms with Crippen LogP contribution in [0.15, 0.2) is 90.0 Å². The lowest BCUT2D eigenvalue weighted by atomic mass is 10.00. The van der Waals surface area contributed by atoms with Gasteiger partial charge in [0.2, 0.25) is 0 Å². The smallest absolute Gasteiger partial charge is 0.269 e. The number of fused-ring (bicyclic) bond motifs is 2. The predicted molar refractivity (Wildman–Crippen MR) is 160 cm³/mol. The number of nitrogens with one attached hydrogen (secondary N) is 1. The van der Waals surface area contributed by atoms with Crippen LogP contribution in [0, 0.1) is 11.3 Å². The Labute approximate surface area is 248 Å². The van der Waals surface area contributed by atoms with E-state index >= 15 is 0 Å². The number of benzene rings is 3. The number of nitrogens with zero attached hydrogens (tertiary/aromatic N) is 3. The molecule has 0 bridgehead atoms. The third-order valence-electron chi connectivity index (χ3n) is 7.91. The molecule has 1 amide bonds. The van der Waals surface area contributed by atoms with Crippen LogP contribution in [0.25, 0.3) is 33.4 Å². The molecule has 9 nitrogen and oxygen atoms in total. The molecule has 214 valence electrons. The van der Waals surface area contributed by atoms with E-state index in [2.05, 4.69) is 16.4 Å². The summed E-state index contributed by atoms with van der Waals surface area (Å²) in [6.45, 7) is 1.68. The number of ether oxygens (including phenoxy) is 2. The summed E-state index contributed by atoms with van der Waals surface area (Å²) in [5.41, 5.74) is 4.36. The Hall–Kier alpha value is -4.98. The van der Waals surface area contributed by atoms with Gasteiger partial charge in [-0.25, -0.2) is 17.4 Å². The molecule has 2 aliphatic rings. The van der Waals surface area contributed by atoms with Gasteiger partial charge in [-0.3, -0.25) is 4.79 Å². The lowest BCUT2D eigenvalue weighted by Crippen LogP contribution is -2.26. The van der Waals surface area contributed by atoms with Crippen molar-refractivity contribution in [2.45, 2.75) is 30.4 Å². The molecule has 43 heavy (non-hydrogen) atoms. The third kappa shape index (κ3) is 4.73. The minimum atomic E-state index is -4.09. The molecule has 0 spiro atoms. The maximum Gasteiger partial charge on any atom is 0.269 e. The first-order valence-corrected chi connectivity index (χ1v) is 15.4. The van der Waals surface area contributed by atoms with E-state index in [1.54, 1.807) is 66.9 Å². The number of hydrogen-bond acceptors (Lipinski definition) is 7. The fourth-order valence-corrected chi connectivity index (χ4v) is 7.20. The van der Waals surface area contributed by atoms with Crippen molar-refractivity contribution in [3.05, 3.63) is 102 Å². The zero-order chi connectivity index (χ0) is 29.6. The molecule has 1 fully saturated rings. The van der Waals surface area contributed by atoms with Crippen LogP contribution >= 0.6 is 0 Å². The maximum absolute atomic E-state index is 14.2. The topological polar surface area (TPSA) is 123 Å². The molecule has 7 rings (SSSR count). The first-order valence-electron chi connectivity index (χ1n) is 14.0. The lowest BCUT2D eigenvalue weighted by molar-refractivity contribution is 0.0254. The number of rotatable bonds is 6. The molecule has 0 radical (unpaired) electrons. The highest BCUT2D eigenvalue weighted by atomic mass is 32.2. The SMILES string of the molecule is N#Cc1cc(-c2ccnc3c2cc(-c2ccc4c(c2)C(=O)NC4)n3S(=O)(=O)c2ccccc2)ccc1OC1CCOCC1. The van der Waals surface area contributed by atoms with E-state index in [4.69, 9.17) is 9.47 Å². The lowest BCUT2D eigenvalue weighted by Gasteiger charge is -2.23. The van der Waals surface area contributed by atoms with E-state index in [9.17, 15) is 18.5 Å². The summed E-state index contributed by atoms with van der Waals surface area (Å²) in [6, 6.07) is 24.8. The van der Waals surface area contributed by atoms with Crippen LogP contribution in [0.1, 0.15) is 34.3 Å². The first-order chi connectivity index (χ1) is 20.9. The van der Waals surface area contributed by atoms with E-state index in [0.717, 1.165) is 24.0 Å². The van der Waals surface area contributed by atoms with Crippen LogP contribution in [0.2, 0.25) is 0 Å². The normalized spacial score (nSPS) is 15.2. The molecule has 0 aliphatic carbocycles. The Morgan fingerprint density at radius 1 is 0.953 bits per heavy atom. The largest absolute Gasteiger partial charge is 0.489 e. The average Bonchev–Trinajstić information content (AvgIpc) is 3.63. The molecule has 5 aromatic rings. The minimum absolute atomic E-state index is 0.0199. The Morgan fingerprint density at radius 3 is 2.53 bits per heavy atom. The molecule has 2 aliphatic heterocycles. The van der Waals surface area contributed by atoms with Crippen molar-refractivity contribution >= 4 is 27.0 Å². The van der Waals surface area contributed by atoms with E-state index in [1.807, 2.05) is 18.2 Å². The fraction of sp³-hybridized carbons (Fsp3) is 0.182. The zero-order valence-corrected chi connectivity index (χ0v) is 23.8. The molecule has 0 atom stereocenters. The van der Waals surface area contributed by atoms with Gasteiger partial charge >= 0.3 is 0 Å². The summed E-state index contributed by atoms with van der Waals surface area (Å²) in [4.78, 5) is 17.1. The number of nitriles is 1. The van der Waals surface area contributed by atoms with Crippen LogP contribution in [-0.4, -0.2) is 42.6 Å². The number of carbonyl (C=O) groups is 1. The van der Waals surface area contributed by atoms with Gasteiger partial charge in [0.15, 0.2) is 5.65 Å². The molecule has 1 N–H and O–H groups in total. The van der Waals surface area contributed by atoms with Crippen molar-refractivity contribution in [1.29, 1.82) is 5.26 Å². The number of amides is 1. The summed E-state index contributed by atoms with van der Waals surface area (Å²) in [6.07, 6.45) is 3.06. The van der Waals surface area contributed by atoms with Crippen molar-refractivity contribution < 1.29 is 22.7 Å². The summed E-state index contributed by atoms with van der Waals surface area (Å²) in [5.74, 6) is 0.307. The van der Waals surface area contributed by atoms with Gasteiger partial charge in [-0.2, -0.15) is 5.26 Å². The highest BCUT2D eigenvalue weighted by Crippen LogP contribution is 2.38. The van der Waals surface area contributed by atoms with Gasteiger partial charge in [0.25, 0.3) is 15.9 Å². The van der Waals surface area contributed by atoms with Gasteiger partial charge in [-0.05, 0) is 59.2 Å². The molecule has 1 saturated heterocycles. The quantitative estimate of drug-likeness (QED) is 0.285. The number of pyridine rings is 1. The predicted octanol–water partition coefficient (Wildman–Crippen LogP) is 5.28. The second-order valence-corrected chi connectivity index (χ2v) is 12.3. The second-order valence-electron chi connectivity index (χ2n) is 10.5. The average molecular weight is 591 g/mol. The maximum atomic E-state index is 14.2. The summed E-state index contributed by atoms with van der Waals surface area (Å²) < 4.78 is 41.1. The summed E-state index contributed by atoms with van der Waals surface area (Å²) in [7, 11) is -4.09. The molecular formula is C33H26N4O5S. The second kappa shape index (κ2) is 10.7. The standard InChI is InChI=1S/C33H26N4O5S/c34-19-24-16-21(8-9-31(24)42-25-11-14-41-15-12-25)27-10-13-35-32-29(27)18-30(22-6-7-23-20-36-33(38)28(23)17-22)37(32)43(39,40)26-4-2-1-3-5-26/h1-10,13,16-18,25H,11-12,14-15,20H2,(H,36,38). The molecular weight excluding hydrogens is 564 g/mol. The van der Waals surface area contributed by atoms with Gasteiger partial charge in [0, 0.05) is 42.1 Å². The van der Waals surface area contributed by atoms with Crippen molar-refractivity contribution in [2.75, 3.05) is 13.2 Å². The van der Waals surface area contributed by atoms with Crippen LogP contribution in [0.3, 0.4) is 0 Å². The van der Waals surface area contributed by atoms with Crippen LogP contribution < -0.4 is 10.1 Å². The Morgan fingerprint density at radius 2 is 1.74 bits per heavy atom. The van der Waals surface area contributed by atoms with Crippen LogP contribution in [-0.2, 0) is 21.3 Å². The number of carbonyl (C=O) groups excluding carboxylic acids is 1. The Kier molecular flexibility index (Phi) is 6.69. The summed E-state index contributed by atoms with van der Waals surface area (Å²) >= 11 is 0. The van der Waals surface area contributed by atoms with Crippen molar-refractivity contribution in [2.24, 2.45) is 0 Å². The molecule has 0 saturated carbocycles. The Bertz CT molecular complexity index is 2040. The molecule has 4 heterocycles. The van der Waals surface area contributed by atoms with Crippen LogP contribution in [0.5, 0.6) is 5.75 Å². The molecule has 10 heteroatoms. The minimum Gasteiger partial charge on any atom is -0.489 e. The van der Waals surface area contributed by atoms with Gasteiger partial charge in [-0.15, -0.1) is 0 Å². The highest BCUT2D eigenvalue weighted by molar-refractivity contribution is 7.90. The van der Waals surface area contributed by atoms with E-state index in [0.29, 0.717) is 58.8 Å². The van der Waals surface area contributed by atoms with Gasteiger partial charge in [0.05, 0.1) is 29.4 Å². The monoisotopic (exact) mass is 590 g/mol. The van der Waals surface area contributed by atoms with Crippen molar-refractivity contribution in [1.82, 2.24) is 14.3 Å². The molecule has 0 unspecified atom stereocenters. The third-order valence-corrected chi connectivity index (χ3v) is 9.62.